The van der Waals surface area contributed by atoms with Crippen LogP contribution in [0.3, 0.4) is 0 Å². The molecule has 0 amide bonds. The van der Waals surface area contributed by atoms with E-state index in [9.17, 15) is 4.79 Å². The van der Waals surface area contributed by atoms with Gasteiger partial charge in [-0.05, 0) is 5.92 Å². The van der Waals surface area contributed by atoms with Crippen LogP contribution in [0.4, 0.5) is 0 Å². The zero-order valence-corrected chi connectivity index (χ0v) is 9.57. The molecular formula is C11H17NO3. The number of nitrogens with zero attached hydrogens (tertiary/aromatic N) is 1. The van der Waals surface area contributed by atoms with Crippen LogP contribution in [0.5, 0.6) is 0 Å². The highest BCUT2D eigenvalue weighted by Crippen LogP contribution is 2.27. The van der Waals surface area contributed by atoms with Crippen molar-refractivity contribution in [2.75, 3.05) is 0 Å². The SMILES string of the molecule is CC(C)c1noc(C(C)C)c1CC(=O)O. The molecule has 0 aliphatic carbocycles. The Hall–Kier alpha value is -1.32. The van der Waals surface area contributed by atoms with Crippen LogP contribution in [0.1, 0.15) is 56.5 Å². The molecule has 0 aromatic carbocycles. The van der Waals surface area contributed by atoms with Crippen molar-refractivity contribution in [1.82, 2.24) is 5.16 Å². The Morgan fingerprint density at radius 1 is 1.33 bits per heavy atom. The average Bonchev–Trinajstić information content (AvgIpc) is 2.46. The number of carboxylic acid groups (broad SMARTS) is 1. The minimum atomic E-state index is -0.845. The van der Waals surface area contributed by atoms with Gasteiger partial charge in [0, 0.05) is 11.5 Å². The molecule has 0 saturated heterocycles. The highest BCUT2D eigenvalue weighted by Gasteiger charge is 2.22. The van der Waals surface area contributed by atoms with Crippen molar-refractivity contribution in [1.29, 1.82) is 0 Å². The van der Waals surface area contributed by atoms with E-state index in [-0.39, 0.29) is 18.3 Å². The summed E-state index contributed by atoms with van der Waals surface area (Å²) in [6.07, 6.45) is -0.00940. The van der Waals surface area contributed by atoms with Gasteiger partial charge in [-0.2, -0.15) is 0 Å². The highest BCUT2D eigenvalue weighted by molar-refractivity contribution is 5.71. The van der Waals surface area contributed by atoms with Gasteiger partial charge in [-0.1, -0.05) is 32.9 Å². The van der Waals surface area contributed by atoms with Crippen LogP contribution in [0, 0.1) is 0 Å². The first kappa shape index (κ1) is 11.8. The lowest BCUT2D eigenvalue weighted by molar-refractivity contribution is -0.136. The second-order valence-electron chi connectivity index (χ2n) is 4.29. The van der Waals surface area contributed by atoms with Crippen LogP contribution in [0.25, 0.3) is 0 Å². The maximum atomic E-state index is 10.7. The van der Waals surface area contributed by atoms with Gasteiger partial charge in [0.15, 0.2) is 0 Å². The van der Waals surface area contributed by atoms with Crippen LogP contribution in [-0.2, 0) is 11.2 Å². The largest absolute Gasteiger partial charge is 0.481 e. The predicted octanol–water partition coefficient (Wildman–Crippen LogP) is 2.55. The Morgan fingerprint density at radius 2 is 1.93 bits per heavy atom. The summed E-state index contributed by atoms with van der Waals surface area (Å²) in [6.45, 7) is 7.90. The molecule has 0 atom stereocenters. The van der Waals surface area contributed by atoms with E-state index in [0.29, 0.717) is 5.76 Å². The van der Waals surface area contributed by atoms with Gasteiger partial charge in [0.1, 0.15) is 5.76 Å². The van der Waals surface area contributed by atoms with Crippen molar-refractivity contribution in [3.63, 3.8) is 0 Å². The minimum Gasteiger partial charge on any atom is -0.481 e. The lowest BCUT2D eigenvalue weighted by Crippen LogP contribution is -2.06. The quantitative estimate of drug-likeness (QED) is 0.831. The fourth-order valence-electron chi connectivity index (χ4n) is 1.57. The fraction of sp³-hybridized carbons (Fsp3) is 0.636. The third-order valence-electron chi connectivity index (χ3n) is 2.25. The normalized spacial score (nSPS) is 11.3. The van der Waals surface area contributed by atoms with Crippen molar-refractivity contribution < 1.29 is 14.4 Å². The van der Waals surface area contributed by atoms with E-state index in [1.807, 2.05) is 27.7 Å². The molecule has 4 heteroatoms. The van der Waals surface area contributed by atoms with Crippen molar-refractivity contribution in [2.24, 2.45) is 0 Å². The minimum absolute atomic E-state index is 0.00940. The smallest absolute Gasteiger partial charge is 0.308 e. The summed E-state index contributed by atoms with van der Waals surface area (Å²) in [5.41, 5.74) is 1.51. The van der Waals surface area contributed by atoms with E-state index in [1.54, 1.807) is 0 Å². The fourth-order valence-corrected chi connectivity index (χ4v) is 1.57. The van der Waals surface area contributed by atoms with Crippen LogP contribution >= 0.6 is 0 Å². The molecule has 4 nitrogen and oxygen atoms in total. The summed E-state index contributed by atoms with van der Waals surface area (Å²) in [5.74, 6) is 0.207. The van der Waals surface area contributed by atoms with Crippen LogP contribution < -0.4 is 0 Å². The summed E-state index contributed by atoms with van der Waals surface area (Å²) in [6, 6.07) is 0. The molecule has 0 aliphatic heterocycles. The first-order valence-electron chi connectivity index (χ1n) is 5.13. The van der Waals surface area contributed by atoms with Crippen molar-refractivity contribution in [3.8, 4) is 0 Å². The van der Waals surface area contributed by atoms with E-state index in [4.69, 9.17) is 9.63 Å². The van der Waals surface area contributed by atoms with Gasteiger partial charge in [0.25, 0.3) is 0 Å². The Morgan fingerprint density at radius 3 is 2.33 bits per heavy atom. The van der Waals surface area contributed by atoms with Crippen LogP contribution in [0.15, 0.2) is 4.52 Å². The van der Waals surface area contributed by atoms with Crippen molar-refractivity contribution in [3.05, 3.63) is 17.0 Å². The molecule has 0 unspecified atom stereocenters. The number of hydrogen-bond acceptors (Lipinski definition) is 3. The van der Waals surface area contributed by atoms with E-state index in [1.165, 1.54) is 0 Å². The molecule has 15 heavy (non-hydrogen) atoms. The van der Waals surface area contributed by atoms with Crippen molar-refractivity contribution in [2.45, 2.75) is 46.0 Å². The molecular weight excluding hydrogens is 194 g/mol. The first-order chi connectivity index (χ1) is 6.93. The lowest BCUT2D eigenvalue weighted by atomic mass is 9.97. The van der Waals surface area contributed by atoms with E-state index in [2.05, 4.69) is 5.16 Å². The molecule has 0 saturated carbocycles. The maximum Gasteiger partial charge on any atom is 0.308 e. The van der Waals surface area contributed by atoms with E-state index in [0.717, 1.165) is 11.3 Å². The monoisotopic (exact) mass is 211 g/mol. The maximum absolute atomic E-state index is 10.7. The molecule has 1 rings (SSSR count). The molecule has 0 spiro atoms. The molecule has 0 aliphatic rings. The molecule has 1 N–H and O–H groups in total. The number of carboxylic acids is 1. The second-order valence-corrected chi connectivity index (χ2v) is 4.29. The molecule has 0 radical (unpaired) electrons. The number of rotatable bonds is 4. The Kier molecular flexibility index (Phi) is 3.50. The van der Waals surface area contributed by atoms with Gasteiger partial charge in [-0.25, -0.2) is 0 Å². The molecule has 1 aromatic rings. The summed E-state index contributed by atoms with van der Waals surface area (Å²) in [5, 5.41) is 12.8. The predicted molar refractivity (Wildman–Crippen MR) is 56.0 cm³/mol. The third kappa shape index (κ3) is 2.58. The topological polar surface area (TPSA) is 63.3 Å². The summed E-state index contributed by atoms with van der Waals surface area (Å²) >= 11 is 0. The van der Waals surface area contributed by atoms with Gasteiger partial charge in [-0.15, -0.1) is 0 Å². The number of aliphatic carboxylic acids is 1. The van der Waals surface area contributed by atoms with Gasteiger partial charge in [-0.3, -0.25) is 4.79 Å². The number of carbonyl (C=O) groups is 1. The van der Waals surface area contributed by atoms with Crippen LogP contribution in [-0.4, -0.2) is 16.2 Å². The lowest BCUT2D eigenvalue weighted by Gasteiger charge is -2.05. The molecule has 1 aromatic heterocycles. The summed E-state index contributed by atoms with van der Waals surface area (Å²) in [4.78, 5) is 10.7. The molecule has 0 fully saturated rings. The Bertz CT molecular complexity index is 327. The molecule has 0 bridgehead atoms. The number of aromatic nitrogens is 1. The van der Waals surface area contributed by atoms with E-state index < -0.39 is 5.97 Å². The van der Waals surface area contributed by atoms with Gasteiger partial charge >= 0.3 is 5.97 Å². The highest BCUT2D eigenvalue weighted by atomic mass is 16.5. The Balaban J connectivity index is 3.14. The Labute approximate surface area is 89.3 Å². The molecule has 1 heterocycles. The van der Waals surface area contributed by atoms with Gasteiger partial charge in [0.05, 0.1) is 12.1 Å². The zero-order valence-electron chi connectivity index (χ0n) is 9.57. The molecule has 84 valence electrons. The van der Waals surface area contributed by atoms with Gasteiger partial charge < -0.3 is 9.63 Å². The second kappa shape index (κ2) is 4.47. The average molecular weight is 211 g/mol. The van der Waals surface area contributed by atoms with Gasteiger partial charge in [0.2, 0.25) is 0 Å². The first-order valence-corrected chi connectivity index (χ1v) is 5.13. The summed E-state index contributed by atoms with van der Waals surface area (Å²) in [7, 11) is 0. The number of hydrogen-bond donors (Lipinski definition) is 1. The zero-order chi connectivity index (χ0) is 11.6. The summed E-state index contributed by atoms with van der Waals surface area (Å²) < 4.78 is 5.21. The van der Waals surface area contributed by atoms with Crippen molar-refractivity contribution >= 4 is 5.97 Å². The standard InChI is InChI=1S/C11H17NO3/c1-6(2)10-8(5-9(13)14)11(7(3)4)15-12-10/h6-7H,5H2,1-4H3,(H,13,14). The third-order valence-corrected chi connectivity index (χ3v) is 2.25. The van der Waals surface area contributed by atoms with Crippen LogP contribution in [0.2, 0.25) is 0 Å². The van der Waals surface area contributed by atoms with E-state index >= 15 is 0 Å².